The van der Waals surface area contributed by atoms with Gasteiger partial charge in [-0.25, -0.2) is 0 Å². The summed E-state index contributed by atoms with van der Waals surface area (Å²) in [4.78, 5) is 10.1. The van der Waals surface area contributed by atoms with E-state index in [0.29, 0.717) is 13.0 Å². The number of hydrogen-bond donors (Lipinski definition) is 1. The topological polar surface area (TPSA) is 37.3 Å². The molecule has 0 aliphatic rings. The Hall–Kier alpha value is -1.15. The van der Waals surface area contributed by atoms with Crippen molar-refractivity contribution < 1.29 is 9.90 Å². The predicted octanol–water partition coefficient (Wildman–Crippen LogP) is 7.72. The Labute approximate surface area is 169 Å². The smallest absolute Gasteiger partial charge is 0.119 e. The highest BCUT2D eigenvalue weighted by Crippen LogP contribution is 2.05. The molecule has 0 spiro atoms. The van der Waals surface area contributed by atoms with Crippen LogP contribution in [0.4, 0.5) is 0 Å². The number of allylic oxidation sites excluding steroid dienone is 6. The highest BCUT2D eigenvalue weighted by atomic mass is 16.2. The van der Waals surface area contributed by atoms with E-state index in [4.69, 9.17) is 5.11 Å². The Balaban J connectivity index is 0. The van der Waals surface area contributed by atoms with E-state index in [1.54, 1.807) is 0 Å². The first kappa shape index (κ1) is 28.1. The molecule has 0 rings (SSSR count). The molecular weight excluding hydrogens is 332 g/mol. The number of carbonyl (C=O) groups excluding carboxylic acids is 1. The van der Waals surface area contributed by atoms with E-state index in [1.807, 2.05) is 0 Å². The van der Waals surface area contributed by atoms with Gasteiger partial charge in [-0.05, 0) is 64.7 Å². The summed E-state index contributed by atoms with van der Waals surface area (Å²) in [6.07, 6.45) is 31.8. The Morgan fingerprint density at radius 1 is 0.630 bits per heavy atom. The standard InChI is InChI=1S/C15H26O.C10H20O/c1-2-3-4-5-6-7-8-9-10-11-12-13-14-15-16;1-2-3-4-5-6-7-8-9-10-11/h6-7,9-10,15H,2-5,8,11-14H2,1H3;2-3,11H,4-10H2,1H3/b7-6-,10-9-;3-2+. The average Bonchev–Trinajstić information content (AvgIpc) is 2.69. The number of rotatable bonds is 18. The van der Waals surface area contributed by atoms with Crippen LogP contribution in [0, 0.1) is 0 Å². The Morgan fingerprint density at radius 3 is 1.74 bits per heavy atom. The summed E-state index contributed by atoms with van der Waals surface area (Å²) in [6, 6.07) is 0. The van der Waals surface area contributed by atoms with Crippen LogP contribution in [0.3, 0.4) is 0 Å². The van der Waals surface area contributed by atoms with Crippen molar-refractivity contribution in [2.24, 2.45) is 0 Å². The monoisotopic (exact) mass is 378 g/mol. The van der Waals surface area contributed by atoms with Gasteiger partial charge in [0.2, 0.25) is 0 Å². The van der Waals surface area contributed by atoms with Crippen molar-refractivity contribution in [3.8, 4) is 0 Å². The number of hydrogen-bond acceptors (Lipinski definition) is 2. The Bertz CT molecular complexity index is 342. The molecule has 158 valence electrons. The van der Waals surface area contributed by atoms with Gasteiger partial charge in [-0.15, -0.1) is 0 Å². The molecule has 0 bridgehead atoms. The summed E-state index contributed by atoms with van der Waals surface area (Å²) in [5.74, 6) is 0. The molecule has 0 saturated carbocycles. The van der Waals surface area contributed by atoms with Gasteiger partial charge in [-0.1, -0.05) is 75.5 Å². The predicted molar refractivity (Wildman–Crippen MR) is 121 cm³/mol. The number of carbonyl (C=O) groups is 1. The minimum Gasteiger partial charge on any atom is -0.396 e. The van der Waals surface area contributed by atoms with Gasteiger partial charge in [-0.3, -0.25) is 0 Å². The van der Waals surface area contributed by atoms with Gasteiger partial charge in [-0.2, -0.15) is 0 Å². The molecule has 0 aliphatic heterocycles. The number of aliphatic hydroxyl groups is 1. The molecule has 0 amide bonds. The lowest BCUT2D eigenvalue weighted by Gasteiger charge is -1.96. The van der Waals surface area contributed by atoms with Gasteiger partial charge in [0.15, 0.2) is 0 Å². The third-order valence-corrected chi connectivity index (χ3v) is 4.29. The van der Waals surface area contributed by atoms with Gasteiger partial charge in [0.1, 0.15) is 6.29 Å². The number of aliphatic hydroxyl groups excluding tert-OH is 1. The van der Waals surface area contributed by atoms with Crippen LogP contribution in [0.15, 0.2) is 36.5 Å². The quantitative estimate of drug-likeness (QED) is 0.150. The largest absolute Gasteiger partial charge is 0.396 e. The zero-order valence-electron chi connectivity index (χ0n) is 18.2. The molecule has 2 heteroatoms. The van der Waals surface area contributed by atoms with Crippen LogP contribution < -0.4 is 0 Å². The third kappa shape index (κ3) is 32.9. The zero-order valence-corrected chi connectivity index (χ0v) is 18.2. The molecule has 1 N–H and O–H groups in total. The van der Waals surface area contributed by atoms with E-state index in [0.717, 1.165) is 38.4 Å². The molecule has 0 aromatic carbocycles. The lowest BCUT2D eigenvalue weighted by molar-refractivity contribution is -0.107. The molecule has 0 atom stereocenters. The minimum atomic E-state index is 0.356. The van der Waals surface area contributed by atoms with E-state index in [-0.39, 0.29) is 0 Å². The molecule has 0 aromatic rings. The first-order valence-corrected chi connectivity index (χ1v) is 11.3. The molecule has 0 radical (unpaired) electrons. The molecule has 0 unspecified atom stereocenters. The second-order valence-corrected chi connectivity index (χ2v) is 6.97. The van der Waals surface area contributed by atoms with Gasteiger partial charge < -0.3 is 9.90 Å². The third-order valence-electron chi connectivity index (χ3n) is 4.29. The van der Waals surface area contributed by atoms with Crippen LogP contribution >= 0.6 is 0 Å². The molecule has 0 heterocycles. The van der Waals surface area contributed by atoms with Crippen LogP contribution in [-0.4, -0.2) is 18.0 Å². The van der Waals surface area contributed by atoms with Gasteiger partial charge in [0.25, 0.3) is 0 Å². The fourth-order valence-electron chi connectivity index (χ4n) is 2.58. The normalized spacial score (nSPS) is 11.4. The van der Waals surface area contributed by atoms with Crippen molar-refractivity contribution in [2.75, 3.05) is 6.61 Å². The first-order valence-electron chi connectivity index (χ1n) is 11.3. The summed E-state index contributed by atoms with van der Waals surface area (Å²) in [7, 11) is 0. The summed E-state index contributed by atoms with van der Waals surface area (Å²) < 4.78 is 0. The lowest BCUT2D eigenvalue weighted by Crippen LogP contribution is -1.82. The zero-order chi connectivity index (χ0) is 20.3. The fraction of sp³-hybridized carbons (Fsp3) is 0.720. The van der Waals surface area contributed by atoms with Crippen molar-refractivity contribution in [3.63, 3.8) is 0 Å². The van der Waals surface area contributed by atoms with E-state index < -0.39 is 0 Å². The Morgan fingerprint density at radius 2 is 1.15 bits per heavy atom. The number of aldehydes is 1. The van der Waals surface area contributed by atoms with Gasteiger partial charge >= 0.3 is 0 Å². The molecule has 0 aromatic heterocycles. The maximum atomic E-state index is 10.1. The molecule has 0 fully saturated rings. The van der Waals surface area contributed by atoms with E-state index in [2.05, 4.69) is 50.3 Å². The second kappa shape index (κ2) is 29.6. The van der Waals surface area contributed by atoms with Crippen molar-refractivity contribution in [2.45, 2.75) is 110 Å². The lowest BCUT2D eigenvalue weighted by atomic mass is 10.1. The molecule has 27 heavy (non-hydrogen) atoms. The molecule has 0 saturated heterocycles. The molecule has 0 aliphatic carbocycles. The molecular formula is C25H46O2. The van der Waals surface area contributed by atoms with Crippen molar-refractivity contribution in [1.29, 1.82) is 0 Å². The molecule has 2 nitrogen and oxygen atoms in total. The summed E-state index contributed by atoms with van der Waals surface area (Å²) in [5.41, 5.74) is 0. The van der Waals surface area contributed by atoms with Crippen LogP contribution in [0.2, 0.25) is 0 Å². The maximum absolute atomic E-state index is 10.1. The van der Waals surface area contributed by atoms with Crippen LogP contribution in [0.1, 0.15) is 110 Å². The van der Waals surface area contributed by atoms with Crippen molar-refractivity contribution >= 4 is 6.29 Å². The highest BCUT2D eigenvalue weighted by molar-refractivity contribution is 5.48. The first-order chi connectivity index (χ1) is 13.3. The highest BCUT2D eigenvalue weighted by Gasteiger charge is 1.87. The van der Waals surface area contributed by atoms with E-state index in [1.165, 1.54) is 57.8 Å². The second-order valence-electron chi connectivity index (χ2n) is 6.97. The van der Waals surface area contributed by atoms with Gasteiger partial charge in [0.05, 0.1) is 0 Å². The van der Waals surface area contributed by atoms with Crippen LogP contribution in [0.25, 0.3) is 0 Å². The summed E-state index contributed by atoms with van der Waals surface area (Å²) >= 11 is 0. The van der Waals surface area contributed by atoms with Crippen LogP contribution in [0.5, 0.6) is 0 Å². The Kier molecular flexibility index (Phi) is 30.8. The SMILES string of the molecule is C/C=C/CCCCCCCO.CCCCC/C=C\C/C=C\CCCCC=O. The minimum absolute atomic E-state index is 0.356. The maximum Gasteiger partial charge on any atom is 0.119 e. The summed E-state index contributed by atoms with van der Waals surface area (Å²) in [6.45, 7) is 4.65. The van der Waals surface area contributed by atoms with E-state index >= 15 is 0 Å². The van der Waals surface area contributed by atoms with E-state index in [9.17, 15) is 4.79 Å². The fourth-order valence-corrected chi connectivity index (χ4v) is 2.58. The van der Waals surface area contributed by atoms with Crippen LogP contribution in [-0.2, 0) is 4.79 Å². The van der Waals surface area contributed by atoms with Crippen molar-refractivity contribution in [1.82, 2.24) is 0 Å². The summed E-state index contributed by atoms with van der Waals surface area (Å²) in [5, 5.41) is 8.50. The van der Waals surface area contributed by atoms with Crippen molar-refractivity contribution in [3.05, 3.63) is 36.5 Å². The van der Waals surface area contributed by atoms with Gasteiger partial charge in [0, 0.05) is 13.0 Å². The average molecular weight is 379 g/mol. The number of unbranched alkanes of at least 4 members (excludes halogenated alkanes) is 11.